The number of fused-ring (bicyclic) bond motifs is 1. The van der Waals surface area contributed by atoms with Crippen LogP contribution in [0.5, 0.6) is 0 Å². The zero-order valence-electron chi connectivity index (χ0n) is 13.7. The molecule has 3 rings (SSSR count). The number of nitrogens with zero attached hydrogens (tertiary/aromatic N) is 3. The third-order valence-electron chi connectivity index (χ3n) is 4.52. The molecule has 146 valence electrons. The van der Waals surface area contributed by atoms with Gasteiger partial charge in [0.1, 0.15) is 0 Å². The van der Waals surface area contributed by atoms with Crippen LogP contribution in [0.25, 0.3) is 5.65 Å². The molecule has 0 aliphatic heterocycles. The maximum Gasteiger partial charge on any atom is 0.417 e. The Morgan fingerprint density at radius 2 is 2.00 bits per heavy atom. The topological polar surface area (TPSA) is 85.3 Å². The van der Waals surface area contributed by atoms with Crippen LogP contribution in [0.2, 0.25) is 0 Å². The van der Waals surface area contributed by atoms with Crippen LogP contribution < -0.4 is 11.1 Å². The first-order chi connectivity index (χ1) is 11.4. The first-order valence-corrected chi connectivity index (χ1v) is 7.79. The standard InChI is InChI=1S/C15H18F3N5O.2ClH/c16-15(17,18)10-4-5-12-21-22-13(23(12)8-10)7-20-14(24)11-3-1-2-9(11)6-19;;/h4-5,8-9,11H,1-3,6-7,19H2,(H,20,24);2*1H/t9-,11-;;/m1../s1. The van der Waals surface area contributed by atoms with Crippen molar-refractivity contribution in [2.24, 2.45) is 17.6 Å². The van der Waals surface area contributed by atoms with Gasteiger partial charge < -0.3 is 11.1 Å². The van der Waals surface area contributed by atoms with Crippen molar-refractivity contribution >= 4 is 36.4 Å². The quantitative estimate of drug-likeness (QED) is 0.806. The predicted molar refractivity (Wildman–Crippen MR) is 94.2 cm³/mol. The molecule has 1 amide bonds. The molecule has 1 aliphatic rings. The number of amides is 1. The Labute approximate surface area is 160 Å². The minimum absolute atomic E-state index is 0. The van der Waals surface area contributed by atoms with Gasteiger partial charge in [-0.1, -0.05) is 6.42 Å². The second-order valence-corrected chi connectivity index (χ2v) is 6.01. The molecule has 0 radical (unpaired) electrons. The van der Waals surface area contributed by atoms with Crippen LogP contribution in [0.3, 0.4) is 0 Å². The van der Waals surface area contributed by atoms with E-state index in [9.17, 15) is 18.0 Å². The molecular formula is C15H20Cl2F3N5O. The van der Waals surface area contributed by atoms with Crippen LogP contribution in [0.15, 0.2) is 18.3 Å². The van der Waals surface area contributed by atoms with Crippen molar-refractivity contribution in [3.05, 3.63) is 29.7 Å². The Morgan fingerprint density at radius 1 is 1.27 bits per heavy atom. The maximum atomic E-state index is 12.8. The average Bonchev–Trinajstić information content (AvgIpc) is 3.17. The number of hydrogen-bond acceptors (Lipinski definition) is 4. The zero-order valence-corrected chi connectivity index (χ0v) is 15.3. The van der Waals surface area contributed by atoms with E-state index in [1.165, 1.54) is 10.5 Å². The number of nitrogens with one attached hydrogen (secondary N) is 1. The molecule has 3 N–H and O–H groups in total. The van der Waals surface area contributed by atoms with Gasteiger partial charge in [-0.2, -0.15) is 13.2 Å². The number of alkyl halides is 3. The summed E-state index contributed by atoms with van der Waals surface area (Å²) in [6.45, 7) is 0.482. The summed E-state index contributed by atoms with van der Waals surface area (Å²) in [5.74, 6) is 0.148. The zero-order chi connectivity index (χ0) is 17.3. The highest BCUT2D eigenvalue weighted by molar-refractivity contribution is 5.85. The molecule has 0 bridgehead atoms. The number of aromatic nitrogens is 3. The van der Waals surface area contributed by atoms with Gasteiger partial charge in [-0.15, -0.1) is 35.0 Å². The maximum absolute atomic E-state index is 12.8. The number of pyridine rings is 1. The Kier molecular flexibility index (Phi) is 7.67. The van der Waals surface area contributed by atoms with Crippen molar-refractivity contribution in [2.75, 3.05) is 6.54 Å². The third kappa shape index (κ3) is 4.57. The van der Waals surface area contributed by atoms with Crippen molar-refractivity contribution in [1.82, 2.24) is 19.9 Å². The molecule has 2 heterocycles. The minimum Gasteiger partial charge on any atom is -0.349 e. The molecule has 6 nitrogen and oxygen atoms in total. The molecule has 2 atom stereocenters. The van der Waals surface area contributed by atoms with E-state index >= 15 is 0 Å². The lowest BCUT2D eigenvalue weighted by Crippen LogP contribution is -2.35. The number of carbonyl (C=O) groups excluding carboxylic acids is 1. The van der Waals surface area contributed by atoms with Crippen LogP contribution in [-0.4, -0.2) is 27.0 Å². The van der Waals surface area contributed by atoms with Gasteiger partial charge in [0.15, 0.2) is 11.5 Å². The molecule has 2 aromatic rings. The van der Waals surface area contributed by atoms with Crippen molar-refractivity contribution in [2.45, 2.75) is 32.0 Å². The lowest BCUT2D eigenvalue weighted by atomic mass is 9.95. The highest BCUT2D eigenvalue weighted by atomic mass is 35.5. The van der Waals surface area contributed by atoms with E-state index in [4.69, 9.17) is 5.73 Å². The van der Waals surface area contributed by atoms with Gasteiger partial charge in [0.2, 0.25) is 5.91 Å². The highest BCUT2D eigenvalue weighted by Gasteiger charge is 2.32. The van der Waals surface area contributed by atoms with Crippen molar-refractivity contribution in [3.8, 4) is 0 Å². The second-order valence-electron chi connectivity index (χ2n) is 6.01. The van der Waals surface area contributed by atoms with Crippen molar-refractivity contribution in [3.63, 3.8) is 0 Å². The van der Waals surface area contributed by atoms with E-state index < -0.39 is 11.7 Å². The summed E-state index contributed by atoms with van der Waals surface area (Å²) in [4.78, 5) is 12.3. The van der Waals surface area contributed by atoms with E-state index in [1.54, 1.807) is 0 Å². The molecule has 0 aromatic carbocycles. The smallest absolute Gasteiger partial charge is 0.349 e. The Hall–Kier alpha value is -1.58. The fourth-order valence-electron chi connectivity index (χ4n) is 3.19. The summed E-state index contributed by atoms with van der Waals surface area (Å²) in [6.07, 6.45) is -0.834. The van der Waals surface area contributed by atoms with Crippen LogP contribution in [0, 0.1) is 11.8 Å². The first kappa shape index (κ1) is 22.5. The summed E-state index contributed by atoms with van der Waals surface area (Å²) < 4.78 is 39.7. The lowest BCUT2D eigenvalue weighted by Gasteiger charge is -2.17. The highest BCUT2D eigenvalue weighted by Crippen LogP contribution is 2.31. The van der Waals surface area contributed by atoms with Gasteiger partial charge in [0, 0.05) is 12.1 Å². The van der Waals surface area contributed by atoms with E-state index in [2.05, 4.69) is 15.5 Å². The molecular weight excluding hydrogens is 394 g/mol. The number of carbonyl (C=O) groups is 1. The number of halogens is 5. The van der Waals surface area contributed by atoms with Crippen LogP contribution >= 0.6 is 24.8 Å². The Balaban J connectivity index is 0.00000169. The van der Waals surface area contributed by atoms with Gasteiger partial charge in [0.05, 0.1) is 12.1 Å². The van der Waals surface area contributed by atoms with Crippen molar-refractivity contribution < 1.29 is 18.0 Å². The molecule has 0 unspecified atom stereocenters. The van der Waals surface area contributed by atoms with Crippen LogP contribution in [0.4, 0.5) is 13.2 Å². The average molecular weight is 414 g/mol. The molecule has 26 heavy (non-hydrogen) atoms. The number of rotatable bonds is 4. The molecule has 11 heteroatoms. The van der Waals surface area contributed by atoms with Gasteiger partial charge in [0.25, 0.3) is 0 Å². The predicted octanol–water partition coefficient (Wildman–Crippen LogP) is 2.58. The first-order valence-electron chi connectivity index (χ1n) is 7.79. The van der Waals surface area contributed by atoms with Gasteiger partial charge in [-0.25, -0.2) is 0 Å². The molecule has 0 spiro atoms. The SMILES string of the molecule is Cl.Cl.NC[C@H]1CCC[C@H]1C(=O)NCc1nnc2ccc(C(F)(F)F)cn12. The molecule has 2 aromatic heterocycles. The van der Waals surface area contributed by atoms with E-state index in [-0.39, 0.29) is 54.9 Å². The monoisotopic (exact) mass is 413 g/mol. The molecule has 1 fully saturated rings. The summed E-state index contributed by atoms with van der Waals surface area (Å²) >= 11 is 0. The van der Waals surface area contributed by atoms with E-state index in [0.29, 0.717) is 12.2 Å². The van der Waals surface area contributed by atoms with Gasteiger partial charge >= 0.3 is 6.18 Å². The van der Waals surface area contributed by atoms with Crippen LogP contribution in [0.1, 0.15) is 30.7 Å². The summed E-state index contributed by atoms with van der Waals surface area (Å²) in [5.41, 5.74) is 5.18. The summed E-state index contributed by atoms with van der Waals surface area (Å²) in [6, 6.07) is 2.21. The van der Waals surface area contributed by atoms with Gasteiger partial charge in [-0.3, -0.25) is 9.20 Å². The summed E-state index contributed by atoms with van der Waals surface area (Å²) in [7, 11) is 0. The van der Waals surface area contributed by atoms with Gasteiger partial charge in [-0.05, 0) is 37.4 Å². The second kappa shape index (κ2) is 8.88. The number of hydrogen-bond donors (Lipinski definition) is 2. The molecule has 1 aliphatic carbocycles. The lowest BCUT2D eigenvalue weighted by molar-refractivity contribution is -0.138. The third-order valence-corrected chi connectivity index (χ3v) is 4.52. The van der Waals surface area contributed by atoms with E-state index in [1.807, 2.05) is 0 Å². The Morgan fingerprint density at radius 3 is 2.65 bits per heavy atom. The fourth-order valence-corrected chi connectivity index (χ4v) is 3.19. The Bertz CT molecular complexity index is 752. The largest absolute Gasteiger partial charge is 0.417 e. The van der Waals surface area contributed by atoms with E-state index in [0.717, 1.165) is 31.5 Å². The van der Waals surface area contributed by atoms with Crippen LogP contribution in [-0.2, 0) is 17.5 Å². The number of nitrogens with two attached hydrogens (primary N) is 1. The minimum atomic E-state index is -4.45. The summed E-state index contributed by atoms with van der Waals surface area (Å²) in [5, 5.41) is 10.4. The van der Waals surface area contributed by atoms with Crippen molar-refractivity contribution in [1.29, 1.82) is 0 Å². The molecule has 1 saturated carbocycles. The molecule has 0 saturated heterocycles. The fraction of sp³-hybridized carbons (Fsp3) is 0.533. The normalized spacial score (nSPS) is 19.7.